The van der Waals surface area contributed by atoms with Crippen molar-refractivity contribution in [3.05, 3.63) is 105 Å². The van der Waals surface area contributed by atoms with Crippen molar-refractivity contribution in [3.63, 3.8) is 0 Å². The number of hydrogen-bond donors (Lipinski definition) is 1. The quantitative estimate of drug-likeness (QED) is 0.317. The Bertz CT molecular complexity index is 1120. The third-order valence-electron chi connectivity index (χ3n) is 5.76. The van der Waals surface area contributed by atoms with Crippen LogP contribution in [0.25, 0.3) is 0 Å². The number of benzene rings is 3. The first kappa shape index (κ1) is 27.1. The summed E-state index contributed by atoms with van der Waals surface area (Å²) in [6, 6.07) is 22.5. The van der Waals surface area contributed by atoms with Crippen molar-refractivity contribution < 1.29 is 9.59 Å². The molecular weight excluding hydrogens is 499 g/mol. The van der Waals surface area contributed by atoms with E-state index in [-0.39, 0.29) is 17.6 Å². The number of nitrogens with one attached hydrogen (secondary N) is 1. The van der Waals surface area contributed by atoms with Crippen LogP contribution in [0, 0.1) is 6.92 Å². The highest BCUT2D eigenvalue weighted by Gasteiger charge is 2.30. The Morgan fingerprint density at radius 2 is 1.60 bits per heavy atom. The summed E-state index contributed by atoms with van der Waals surface area (Å²) in [6.07, 6.45) is 0.436. The summed E-state index contributed by atoms with van der Waals surface area (Å²) in [6.45, 7) is 4.75. The molecule has 0 unspecified atom stereocenters. The lowest BCUT2D eigenvalue weighted by molar-refractivity contribution is -0.139. The summed E-state index contributed by atoms with van der Waals surface area (Å²) in [7, 11) is 0. The van der Waals surface area contributed by atoms with Crippen molar-refractivity contribution in [2.45, 2.75) is 38.6 Å². The Kier molecular flexibility index (Phi) is 10.5. The molecule has 3 rings (SSSR count). The second-order valence-corrected chi connectivity index (χ2v) is 10.0. The monoisotopic (exact) mass is 528 g/mol. The Morgan fingerprint density at radius 3 is 2.26 bits per heavy atom. The summed E-state index contributed by atoms with van der Waals surface area (Å²) in [5.74, 6) is 0.455. The number of likely N-dealkylation sites (N-methyl/N-ethyl adjacent to an activating group) is 1. The van der Waals surface area contributed by atoms with Gasteiger partial charge in [0.05, 0.1) is 5.75 Å². The zero-order valence-corrected chi connectivity index (χ0v) is 22.3. The van der Waals surface area contributed by atoms with Gasteiger partial charge in [0.15, 0.2) is 0 Å². The largest absolute Gasteiger partial charge is 0.355 e. The van der Waals surface area contributed by atoms with E-state index in [1.54, 1.807) is 23.1 Å². The average Bonchev–Trinajstić information content (AvgIpc) is 2.85. The van der Waals surface area contributed by atoms with Crippen LogP contribution in [0.3, 0.4) is 0 Å². The molecule has 2 amide bonds. The highest BCUT2D eigenvalue weighted by molar-refractivity contribution is 7.99. The Morgan fingerprint density at radius 1 is 0.943 bits per heavy atom. The van der Waals surface area contributed by atoms with E-state index in [2.05, 4.69) is 5.32 Å². The SMILES string of the molecule is CCNC(=O)[C@@H](Cc1ccccc1)N(Cc1ccccc1C)C(=O)CSCc1c(Cl)cccc1Cl. The van der Waals surface area contributed by atoms with Crippen LogP contribution in [0.15, 0.2) is 72.8 Å². The van der Waals surface area contributed by atoms with Crippen LogP contribution in [0.5, 0.6) is 0 Å². The minimum Gasteiger partial charge on any atom is -0.355 e. The molecule has 0 aliphatic heterocycles. The van der Waals surface area contributed by atoms with Gasteiger partial charge in [-0.05, 0) is 48.2 Å². The zero-order valence-electron chi connectivity index (χ0n) is 20.0. The van der Waals surface area contributed by atoms with E-state index < -0.39 is 6.04 Å². The molecule has 0 saturated heterocycles. The van der Waals surface area contributed by atoms with Gasteiger partial charge in [-0.3, -0.25) is 9.59 Å². The maximum absolute atomic E-state index is 13.6. The molecule has 0 saturated carbocycles. The van der Waals surface area contributed by atoms with Crippen LogP contribution in [0.1, 0.15) is 29.2 Å². The van der Waals surface area contributed by atoms with Gasteiger partial charge < -0.3 is 10.2 Å². The van der Waals surface area contributed by atoms with E-state index in [1.165, 1.54) is 11.8 Å². The predicted octanol–water partition coefficient (Wildman–Crippen LogP) is 6.31. The molecule has 7 heteroatoms. The molecular formula is C28H30Cl2N2O2S. The van der Waals surface area contributed by atoms with Gasteiger partial charge in [-0.2, -0.15) is 0 Å². The molecule has 184 valence electrons. The van der Waals surface area contributed by atoms with Crippen molar-refractivity contribution in [2.24, 2.45) is 0 Å². The number of thioether (sulfide) groups is 1. The molecule has 1 atom stereocenters. The van der Waals surface area contributed by atoms with Crippen molar-refractivity contribution in [1.82, 2.24) is 10.2 Å². The Hall–Kier alpha value is -2.47. The molecule has 0 spiro atoms. The smallest absolute Gasteiger partial charge is 0.243 e. The normalized spacial score (nSPS) is 11.7. The number of carbonyl (C=O) groups is 2. The molecule has 35 heavy (non-hydrogen) atoms. The fourth-order valence-corrected chi connectivity index (χ4v) is 5.46. The second kappa shape index (κ2) is 13.6. The lowest BCUT2D eigenvalue weighted by Gasteiger charge is -2.32. The third-order valence-corrected chi connectivity index (χ3v) is 7.41. The van der Waals surface area contributed by atoms with Gasteiger partial charge in [0, 0.05) is 35.3 Å². The summed E-state index contributed by atoms with van der Waals surface area (Å²) in [5.41, 5.74) is 3.91. The van der Waals surface area contributed by atoms with Crippen molar-refractivity contribution in [1.29, 1.82) is 0 Å². The molecule has 3 aromatic carbocycles. The maximum Gasteiger partial charge on any atom is 0.243 e. The fourth-order valence-electron chi connectivity index (χ4n) is 3.81. The van der Waals surface area contributed by atoms with E-state index in [4.69, 9.17) is 23.2 Å². The first-order chi connectivity index (χ1) is 16.9. The molecule has 0 aromatic heterocycles. The topological polar surface area (TPSA) is 49.4 Å². The number of amides is 2. The molecule has 4 nitrogen and oxygen atoms in total. The van der Waals surface area contributed by atoms with Gasteiger partial charge in [0.1, 0.15) is 6.04 Å². The van der Waals surface area contributed by atoms with Crippen LogP contribution in [-0.2, 0) is 28.3 Å². The van der Waals surface area contributed by atoms with Gasteiger partial charge in [-0.15, -0.1) is 11.8 Å². The molecule has 0 fully saturated rings. The summed E-state index contributed by atoms with van der Waals surface area (Å²) < 4.78 is 0. The maximum atomic E-state index is 13.6. The number of rotatable bonds is 11. The highest BCUT2D eigenvalue weighted by atomic mass is 35.5. The van der Waals surface area contributed by atoms with E-state index in [9.17, 15) is 9.59 Å². The molecule has 0 heterocycles. The van der Waals surface area contributed by atoms with Gasteiger partial charge >= 0.3 is 0 Å². The van der Waals surface area contributed by atoms with Gasteiger partial charge in [-0.25, -0.2) is 0 Å². The Labute approximate surface area is 222 Å². The van der Waals surface area contributed by atoms with Gasteiger partial charge in [0.25, 0.3) is 0 Å². The summed E-state index contributed by atoms with van der Waals surface area (Å²) in [5, 5.41) is 4.09. The minimum atomic E-state index is -0.631. The number of nitrogens with zero attached hydrogens (tertiary/aromatic N) is 1. The van der Waals surface area contributed by atoms with Crippen LogP contribution >= 0.6 is 35.0 Å². The molecule has 0 aliphatic rings. The van der Waals surface area contributed by atoms with Crippen LogP contribution in [-0.4, -0.2) is 35.1 Å². The van der Waals surface area contributed by atoms with E-state index in [0.717, 1.165) is 22.3 Å². The minimum absolute atomic E-state index is 0.103. The molecule has 1 N–H and O–H groups in total. The molecule has 3 aromatic rings. The van der Waals surface area contributed by atoms with E-state index in [0.29, 0.717) is 35.3 Å². The predicted molar refractivity (Wildman–Crippen MR) is 147 cm³/mol. The van der Waals surface area contributed by atoms with E-state index >= 15 is 0 Å². The number of carbonyl (C=O) groups excluding carboxylic acids is 2. The summed E-state index contributed by atoms with van der Waals surface area (Å²) in [4.78, 5) is 28.5. The average molecular weight is 530 g/mol. The van der Waals surface area contributed by atoms with E-state index in [1.807, 2.05) is 68.4 Å². The standard InChI is InChI=1S/C28H30Cl2N2O2S/c1-3-31-28(34)26(16-21-11-5-4-6-12-21)32(17-22-13-8-7-10-20(22)2)27(33)19-35-18-23-24(29)14-9-15-25(23)30/h4-15,26H,3,16-19H2,1-2H3,(H,31,34)/t26-/m1/s1. The highest BCUT2D eigenvalue weighted by Crippen LogP contribution is 2.28. The number of halogens is 2. The Balaban J connectivity index is 1.86. The number of aryl methyl sites for hydroxylation is 1. The first-order valence-corrected chi connectivity index (χ1v) is 13.5. The third kappa shape index (κ3) is 7.76. The van der Waals surface area contributed by atoms with Gasteiger partial charge in [0.2, 0.25) is 11.8 Å². The molecule has 0 radical (unpaired) electrons. The molecule has 0 aliphatic carbocycles. The molecule has 0 bridgehead atoms. The van der Waals surface area contributed by atoms with Crippen LogP contribution in [0.4, 0.5) is 0 Å². The second-order valence-electron chi connectivity index (χ2n) is 8.24. The van der Waals surface area contributed by atoms with Crippen molar-refractivity contribution in [3.8, 4) is 0 Å². The zero-order chi connectivity index (χ0) is 25.2. The summed E-state index contributed by atoms with van der Waals surface area (Å²) >= 11 is 14.0. The van der Waals surface area contributed by atoms with Crippen molar-refractivity contribution >= 4 is 46.8 Å². The number of hydrogen-bond acceptors (Lipinski definition) is 3. The lowest BCUT2D eigenvalue weighted by Crippen LogP contribution is -2.51. The fraction of sp³-hybridized carbons (Fsp3) is 0.286. The van der Waals surface area contributed by atoms with Crippen LogP contribution in [0.2, 0.25) is 10.0 Å². The van der Waals surface area contributed by atoms with Gasteiger partial charge in [-0.1, -0.05) is 83.9 Å². The van der Waals surface area contributed by atoms with Crippen LogP contribution < -0.4 is 5.32 Å². The first-order valence-electron chi connectivity index (χ1n) is 11.6. The van der Waals surface area contributed by atoms with Crippen molar-refractivity contribution in [2.75, 3.05) is 12.3 Å². The lowest BCUT2D eigenvalue weighted by atomic mass is 10.0.